The second-order valence-electron chi connectivity index (χ2n) is 2.43. The minimum atomic E-state index is -1.26. The van der Waals surface area contributed by atoms with Gasteiger partial charge in [0.15, 0.2) is 0 Å². The van der Waals surface area contributed by atoms with Crippen LogP contribution >= 0.6 is 0 Å². The zero-order valence-corrected chi connectivity index (χ0v) is 10.0. The monoisotopic (exact) mass is 277 g/mol. The molecular formula is C10H15NO8. The number of rotatable bonds is 4. The predicted octanol–water partition coefficient (Wildman–Crippen LogP) is -0.611. The standard InChI is InChI=1S/2C4H4O4.C2H7N/c2*5-3(6)1-2-4(7)8;1-2-3/h2*1-2H,(H,5,6)(H,7,8);2-3H2,1H3. The van der Waals surface area contributed by atoms with E-state index in [1.807, 2.05) is 6.92 Å². The highest BCUT2D eigenvalue weighted by Gasteiger charge is 1.88. The number of hydrogen-bond donors (Lipinski definition) is 5. The van der Waals surface area contributed by atoms with Gasteiger partial charge >= 0.3 is 23.9 Å². The third-order valence-corrected chi connectivity index (χ3v) is 0.737. The average Bonchev–Trinajstić information content (AvgIpc) is 2.25. The Balaban J connectivity index is -0.000000224. The van der Waals surface area contributed by atoms with Crippen molar-refractivity contribution in [3.8, 4) is 0 Å². The molecule has 0 radical (unpaired) electrons. The van der Waals surface area contributed by atoms with Crippen LogP contribution in [0.4, 0.5) is 0 Å². The normalized spacial score (nSPS) is 8.95. The minimum absolute atomic E-state index is 0.558. The zero-order valence-electron chi connectivity index (χ0n) is 10.0. The summed E-state index contributed by atoms with van der Waals surface area (Å²) in [7, 11) is 0. The van der Waals surface area contributed by atoms with Crippen molar-refractivity contribution in [1.82, 2.24) is 0 Å². The quantitative estimate of drug-likeness (QED) is 0.419. The molecule has 0 aromatic rings. The van der Waals surface area contributed by atoms with E-state index in [1.54, 1.807) is 0 Å². The Morgan fingerprint density at radius 2 is 0.842 bits per heavy atom. The Hall–Kier alpha value is -2.68. The third kappa shape index (κ3) is 50.7. The molecule has 9 heteroatoms. The molecule has 0 aliphatic rings. The lowest BCUT2D eigenvalue weighted by atomic mass is 10.5. The number of hydrogen-bond acceptors (Lipinski definition) is 5. The summed E-state index contributed by atoms with van der Waals surface area (Å²) in [5.74, 6) is -5.03. The first-order valence-corrected chi connectivity index (χ1v) is 4.65. The van der Waals surface area contributed by atoms with Gasteiger partial charge in [0.05, 0.1) is 0 Å². The van der Waals surface area contributed by atoms with Gasteiger partial charge in [0.1, 0.15) is 0 Å². The van der Waals surface area contributed by atoms with E-state index in [0.717, 1.165) is 6.54 Å². The van der Waals surface area contributed by atoms with Gasteiger partial charge in [0.25, 0.3) is 0 Å². The van der Waals surface area contributed by atoms with E-state index in [4.69, 9.17) is 26.2 Å². The molecule has 0 saturated carbocycles. The molecule has 0 bridgehead atoms. The number of carboxylic acids is 4. The first kappa shape index (κ1) is 21.6. The third-order valence-electron chi connectivity index (χ3n) is 0.737. The van der Waals surface area contributed by atoms with Crippen LogP contribution in [0.3, 0.4) is 0 Å². The molecule has 0 aromatic heterocycles. The number of carboxylic acid groups (broad SMARTS) is 4. The van der Waals surface area contributed by atoms with Gasteiger partial charge in [-0.2, -0.15) is 0 Å². The van der Waals surface area contributed by atoms with Crippen LogP contribution in [-0.2, 0) is 19.2 Å². The van der Waals surface area contributed by atoms with Gasteiger partial charge in [0.2, 0.25) is 0 Å². The van der Waals surface area contributed by atoms with Gasteiger partial charge in [-0.15, -0.1) is 0 Å². The van der Waals surface area contributed by atoms with Crippen molar-refractivity contribution in [3.05, 3.63) is 24.3 Å². The molecule has 0 spiro atoms. The molecule has 0 saturated heterocycles. The van der Waals surface area contributed by atoms with Crippen molar-refractivity contribution in [1.29, 1.82) is 0 Å². The second-order valence-corrected chi connectivity index (χ2v) is 2.43. The van der Waals surface area contributed by atoms with Gasteiger partial charge < -0.3 is 26.2 Å². The van der Waals surface area contributed by atoms with Gasteiger partial charge in [0, 0.05) is 24.3 Å². The number of aliphatic carboxylic acids is 4. The van der Waals surface area contributed by atoms with Crippen molar-refractivity contribution < 1.29 is 39.6 Å². The van der Waals surface area contributed by atoms with Crippen molar-refractivity contribution in [2.75, 3.05) is 6.54 Å². The summed E-state index contributed by atoms with van der Waals surface area (Å²) in [6.45, 7) is 2.65. The van der Waals surface area contributed by atoms with Crippen molar-refractivity contribution in [3.63, 3.8) is 0 Å². The molecule has 0 unspecified atom stereocenters. The molecule has 0 fully saturated rings. The first-order chi connectivity index (χ1) is 8.67. The topological polar surface area (TPSA) is 175 Å². The fourth-order valence-electron chi connectivity index (χ4n) is 0.285. The average molecular weight is 277 g/mol. The summed E-state index contributed by atoms with van der Waals surface area (Å²) in [6.07, 6.45) is 2.23. The van der Waals surface area contributed by atoms with Gasteiger partial charge in [-0.25, -0.2) is 19.2 Å². The maximum Gasteiger partial charge on any atom is 0.328 e. The lowest BCUT2D eigenvalue weighted by Gasteiger charge is -1.74. The van der Waals surface area contributed by atoms with E-state index in [9.17, 15) is 19.2 Å². The summed E-state index contributed by atoms with van der Waals surface area (Å²) in [4.78, 5) is 38.2. The lowest BCUT2D eigenvalue weighted by molar-refractivity contribution is -0.134. The second kappa shape index (κ2) is 15.3. The lowest BCUT2D eigenvalue weighted by Crippen LogP contribution is -1.91. The van der Waals surface area contributed by atoms with Crippen molar-refractivity contribution in [2.24, 2.45) is 5.73 Å². The van der Waals surface area contributed by atoms with E-state index in [-0.39, 0.29) is 0 Å². The molecule has 9 nitrogen and oxygen atoms in total. The Kier molecular flexibility index (Phi) is 17.4. The SMILES string of the molecule is CCN.O=C(O)C=CC(=O)O.O=C(O)C=CC(=O)O. The van der Waals surface area contributed by atoms with Crippen LogP contribution in [0.1, 0.15) is 6.92 Å². The van der Waals surface area contributed by atoms with E-state index in [2.05, 4.69) is 0 Å². The van der Waals surface area contributed by atoms with E-state index in [1.165, 1.54) is 0 Å². The van der Waals surface area contributed by atoms with Crippen LogP contribution in [0.25, 0.3) is 0 Å². The highest BCUT2D eigenvalue weighted by Crippen LogP contribution is 1.71. The fraction of sp³-hybridized carbons (Fsp3) is 0.200. The van der Waals surface area contributed by atoms with E-state index in [0.29, 0.717) is 24.3 Å². The Bertz CT molecular complexity index is 293. The summed E-state index contributed by atoms with van der Waals surface area (Å²) < 4.78 is 0. The van der Waals surface area contributed by atoms with Crippen LogP contribution in [0.5, 0.6) is 0 Å². The largest absolute Gasteiger partial charge is 0.478 e. The van der Waals surface area contributed by atoms with Crippen LogP contribution in [0, 0.1) is 0 Å². The molecule has 0 aliphatic heterocycles. The molecule has 19 heavy (non-hydrogen) atoms. The van der Waals surface area contributed by atoms with Crippen LogP contribution in [0.2, 0.25) is 0 Å². The molecule has 6 N–H and O–H groups in total. The Morgan fingerprint density at radius 1 is 0.737 bits per heavy atom. The molecule has 0 amide bonds. The van der Waals surface area contributed by atoms with Crippen LogP contribution in [0.15, 0.2) is 24.3 Å². The molecule has 0 rings (SSSR count). The molecule has 0 atom stereocenters. The van der Waals surface area contributed by atoms with Crippen LogP contribution in [-0.4, -0.2) is 50.8 Å². The summed E-state index contributed by atoms with van der Waals surface area (Å²) in [5, 5.41) is 31.2. The highest BCUT2D eigenvalue weighted by molar-refractivity contribution is 5.90. The van der Waals surface area contributed by atoms with Gasteiger partial charge in [-0.05, 0) is 6.54 Å². The fourth-order valence-corrected chi connectivity index (χ4v) is 0.285. The Labute approximate surface area is 108 Å². The highest BCUT2D eigenvalue weighted by atomic mass is 16.4. The minimum Gasteiger partial charge on any atom is -0.478 e. The summed E-state index contributed by atoms with van der Waals surface area (Å²) in [5.41, 5.74) is 4.85. The maximum absolute atomic E-state index is 9.55. The number of nitrogens with two attached hydrogens (primary N) is 1. The smallest absolute Gasteiger partial charge is 0.328 e. The summed E-state index contributed by atoms with van der Waals surface area (Å²) >= 11 is 0. The van der Waals surface area contributed by atoms with E-state index < -0.39 is 23.9 Å². The molecule has 0 aromatic carbocycles. The molecule has 108 valence electrons. The molecule has 0 aliphatic carbocycles. The zero-order chi connectivity index (χ0) is 15.8. The predicted molar refractivity (Wildman–Crippen MR) is 63.6 cm³/mol. The molecular weight excluding hydrogens is 262 g/mol. The first-order valence-electron chi connectivity index (χ1n) is 4.65. The van der Waals surface area contributed by atoms with Gasteiger partial charge in [-0.1, -0.05) is 6.92 Å². The Morgan fingerprint density at radius 3 is 0.895 bits per heavy atom. The van der Waals surface area contributed by atoms with Crippen LogP contribution < -0.4 is 5.73 Å². The summed E-state index contributed by atoms with van der Waals surface area (Å²) in [6, 6.07) is 0. The van der Waals surface area contributed by atoms with E-state index >= 15 is 0 Å². The number of carbonyl (C=O) groups is 4. The maximum atomic E-state index is 9.55. The van der Waals surface area contributed by atoms with Crippen molar-refractivity contribution in [2.45, 2.75) is 6.92 Å². The van der Waals surface area contributed by atoms with Crippen molar-refractivity contribution >= 4 is 23.9 Å². The molecule has 0 heterocycles. The van der Waals surface area contributed by atoms with Gasteiger partial charge in [-0.3, -0.25) is 0 Å².